The standard InChI is InChI=1S/C9H7Cl2NO2/c1-6(5-10)7-2-3-8(11)9(4-7)12(13)14/h2-4H,1,5H2. The highest BCUT2D eigenvalue weighted by Gasteiger charge is 2.13. The van der Waals surface area contributed by atoms with E-state index in [-0.39, 0.29) is 16.6 Å². The molecule has 0 saturated carbocycles. The predicted octanol–water partition coefficient (Wildman–Crippen LogP) is 3.50. The first kappa shape index (κ1) is 11.0. The van der Waals surface area contributed by atoms with Crippen LogP contribution < -0.4 is 0 Å². The summed E-state index contributed by atoms with van der Waals surface area (Å²) in [6.45, 7) is 3.68. The lowest BCUT2D eigenvalue weighted by Crippen LogP contribution is -1.91. The summed E-state index contributed by atoms with van der Waals surface area (Å²) in [6, 6.07) is 4.49. The molecule has 0 spiro atoms. The van der Waals surface area contributed by atoms with Gasteiger partial charge in [-0.15, -0.1) is 11.6 Å². The Labute approximate surface area is 91.1 Å². The quantitative estimate of drug-likeness (QED) is 0.454. The van der Waals surface area contributed by atoms with Crippen LogP contribution in [0.3, 0.4) is 0 Å². The van der Waals surface area contributed by atoms with E-state index in [9.17, 15) is 10.1 Å². The van der Waals surface area contributed by atoms with E-state index < -0.39 is 4.92 Å². The van der Waals surface area contributed by atoms with Crippen LogP contribution in [0, 0.1) is 10.1 Å². The first-order valence-corrected chi connectivity index (χ1v) is 4.65. The van der Waals surface area contributed by atoms with Crippen LogP contribution in [0.5, 0.6) is 0 Å². The van der Waals surface area contributed by atoms with Gasteiger partial charge >= 0.3 is 0 Å². The number of benzene rings is 1. The van der Waals surface area contributed by atoms with Gasteiger partial charge in [0, 0.05) is 11.9 Å². The van der Waals surface area contributed by atoms with Gasteiger partial charge in [0.25, 0.3) is 5.69 Å². The van der Waals surface area contributed by atoms with Crippen LogP contribution in [0.2, 0.25) is 5.02 Å². The van der Waals surface area contributed by atoms with Crippen LogP contribution in [0.15, 0.2) is 24.8 Å². The second-order valence-corrected chi connectivity index (χ2v) is 3.33. The van der Waals surface area contributed by atoms with Crippen molar-refractivity contribution in [1.82, 2.24) is 0 Å². The van der Waals surface area contributed by atoms with Gasteiger partial charge in [0.15, 0.2) is 0 Å². The van der Waals surface area contributed by atoms with Gasteiger partial charge in [-0.2, -0.15) is 0 Å². The molecule has 0 amide bonds. The van der Waals surface area contributed by atoms with E-state index in [0.29, 0.717) is 11.1 Å². The van der Waals surface area contributed by atoms with E-state index >= 15 is 0 Å². The second kappa shape index (κ2) is 4.44. The third-order valence-corrected chi connectivity index (χ3v) is 2.35. The molecule has 0 aliphatic heterocycles. The number of hydrogen-bond donors (Lipinski definition) is 0. The Kier molecular flexibility index (Phi) is 3.49. The van der Waals surface area contributed by atoms with Crippen LogP contribution in [0.1, 0.15) is 5.56 Å². The fourth-order valence-corrected chi connectivity index (χ4v) is 1.29. The molecule has 0 saturated heterocycles. The van der Waals surface area contributed by atoms with Crippen LogP contribution in [0.4, 0.5) is 5.69 Å². The molecule has 1 aromatic carbocycles. The van der Waals surface area contributed by atoms with Gasteiger partial charge in [-0.05, 0) is 17.2 Å². The third-order valence-electron chi connectivity index (χ3n) is 1.71. The molecule has 0 aliphatic carbocycles. The van der Waals surface area contributed by atoms with E-state index in [0.717, 1.165) is 0 Å². The second-order valence-electron chi connectivity index (χ2n) is 2.66. The number of halogens is 2. The Bertz CT molecular complexity index is 390. The number of rotatable bonds is 3. The van der Waals surface area contributed by atoms with E-state index in [4.69, 9.17) is 23.2 Å². The highest BCUT2D eigenvalue weighted by molar-refractivity contribution is 6.32. The molecule has 0 bridgehead atoms. The summed E-state index contributed by atoms with van der Waals surface area (Å²) >= 11 is 11.2. The monoisotopic (exact) mass is 231 g/mol. The average molecular weight is 232 g/mol. The minimum atomic E-state index is -0.534. The number of nitro benzene ring substituents is 1. The summed E-state index contributed by atoms with van der Waals surface area (Å²) in [4.78, 5) is 10.0. The number of allylic oxidation sites excluding steroid dienone is 1. The van der Waals surface area contributed by atoms with E-state index in [1.807, 2.05) is 0 Å². The molecule has 0 atom stereocenters. The molecular weight excluding hydrogens is 225 g/mol. The smallest absolute Gasteiger partial charge is 0.258 e. The van der Waals surface area contributed by atoms with Crippen molar-refractivity contribution in [3.63, 3.8) is 0 Å². The van der Waals surface area contributed by atoms with Crippen molar-refractivity contribution in [2.75, 3.05) is 5.88 Å². The van der Waals surface area contributed by atoms with Crippen LogP contribution in [-0.4, -0.2) is 10.8 Å². The number of hydrogen-bond acceptors (Lipinski definition) is 2. The maximum absolute atomic E-state index is 10.5. The van der Waals surface area contributed by atoms with Crippen molar-refractivity contribution in [1.29, 1.82) is 0 Å². The van der Waals surface area contributed by atoms with Crippen molar-refractivity contribution >= 4 is 34.5 Å². The molecular formula is C9H7Cl2NO2. The lowest BCUT2D eigenvalue weighted by molar-refractivity contribution is -0.384. The molecule has 0 heterocycles. The van der Waals surface area contributed by atoms with Crippen molar-refractivity contribution in [2.24, 2.45) is 0 Å². The van der Waals surface area contributed by atoms with Crippen LogP contribution in [-0.2, 0) is 0 Å². The first-order chi connectivity index (χ1) is 6.56. The molecule has 5 heteroatoms. The Hall–Kier alpha value is -1.06. The van der Waals surface area contributed by atoms with E-state index in [1.165, 1.54) is 12.1 Å². The summed E-state index contributed by atoms with van der Waals surface area (Å²) in [7, 11) is 0. The molecule has 0 aromatic heterocycles. The summed E-state index contributed by atoms with van der Waals surface area (Å²) in [5.41, 5.74) is 1.14. The summed E-state index contributed by atoms with van der Waals surface area (Å²) in [5.74, 6) is 0.235. The fraction of sp³-hybridized carbons (Fsp3) is 0.111. The summed E-state index contributed by atoms with van der Waals surface area (Å²) in [5, 5.41) is 10.7. The minimum Gasteiger partial charge on any atom is -0.258 e. The first-order valence-electron chi connectivity index (χ1n) is 3.74. The average Bonchev–Trinajstić information content (AvgIpc) is 2.17. The summed E-state index contributed by atoms with van der Waals surface area (Å²) in [6.07, 6.45) is 0. The molecule has 3 nitrogen and oxygen atoms in total. The van der Waals surface area contributed by atoms with Gasteiger partial charge in [0.1, 0.15) is 5.02 Å². The Morgan fingerprint density at radius 1 is 1.57 bits per heavy atom. The fourth-order valence-electron chi connectivity index (χ4n) is 0.950. The molecule has 0 unspecified atom stereocenters. The molecule has 1 rings (SSSR count). The van der Waals surface area contributed by atoms with E-state index in [2.05, 4.69) is 6.58 Å². The van der Waals surface area contributed by atoms with Crippen molar-refractivity contribution < 1.29 is 4.92 Å². The lowest BCUT2D eigenvalue weighted by atomic mass is 10.1. The van der Waals surface area contributed by atoms with Gasteiger partial charge in [-0.1, -0.05) is 24.2 Å². The molecule has 0 fully saturated rings. The highest BCUT2D eigenvalue weighted by Crippen LogP contribution is 2.27. The number of nitro groups is 1. The Morgan fingerprint density at radius 2 is 2.21 bits per heavy atom. The van der Waals surface area contributed by atoms with Crippen molar-refractivity contribution in [3.8, 4) is 0 Å². The van der Waals surface area contributed by atoms with Crippen LogP contribution >= 0.6 is 23.2 Å². The molecule has 0 N–H and O–H groups in total. The maximum Gasteiger partial charge on any atom is 0.288 e. The Morgan fingerprint density at radius 3 is 2.71 bits per heavy atom. The van der Waals surface area contributed by atoms with Gasteiger partial charge < -0.3 is 0 Å². The topological polar surface area (TPSA) is 43.1 Å². The Balaban J connectivity index is 3.19. The van der Waals surface area contributed by atoms with Gasteiger partial charge in [0.2, 0.25) is 0 Å². The zero-order chi connectivity index (χ0) is 10.7. The molecule has 0 radical (unpaired) electrons. The zero-order valence-corrected chi connectivity index (χ0v) is 8.68. The number of nitrogens with zero attached hydrogens (tertiary/aromatic N) is 1. The summed E-state index contributed by atoms with van der Waals surface area (Å²) < 4.78 is 0. The normalized spacial score (nSPS) is 9.86. The molecule has 0 aliphatic rings. The molecule has 14 heavy (non-hydrogen) atoms. The minimum absolute atomic E-state index is 0.112. The van der Waals surface area contributed by atoms with Gasteiger partial charge in [-0.25, -0.2) is 0 Å². The third kappa shape index (κ3) is 2.25. The van der Waals surface area contributed by atoms with Gasteiger partial charge in [-0.3, -0.25) is 10.1 Å². The van der Waals surface area contributed by atoms with Crippen LogP contribution in [0.25, 0.3) is 5.57 Å². The lowest BCUT2D eigenvalue weighted by Gasteiger charge is -2.02. The largest absolute Gasteiger partial charge is 0.288 e. The maximum atomic E-state index is 10.5. The zero-order valence-electron chi connectivity index (χ0n) is 7.17. The van der Waals surface area contributed by atoms with Crippen molar-refractivity contribution in [3.05, 3.63) is 45.5 Å². The predicted molar refractivity (Wildman–Crippen MR) is 57.9 cm³/mol. The van der Waals surface area contributed by atoms with Crippen molar-refractivity contribution in [2.45, 2.75) is 0 Å². The van der Waals surface area contributed by atoms with Gasteiger partial charge in [0.05, 0.1) is 4.92 Å². The molecule has 1 aromatic rings. The van der Waals surface area contributed by atoms with E-state index in [1.54, 1.807) is 6.07 Å². The number of alkyl halides is 1. The highest BCUT2D eigenvalue weighted by atomic mass is 35.5. The SMILES string of the molecule is C=C(CCl)c1ccc(Cl)c([N+](=O)[O-])c1. The molecule has 74 valence electrons.